The molecule has 1 N–H and O–H groups in total. The number of halogens is 3. The predicted octanol–water partition coefficient (Wildman–Crippen LogP) is 2.08. The summed E-state index contributed by atoms with van der Waals surface area (Å²) in [5, 5.41) is 1.76. The van der Waals surface area contributed by atoms with Crippen LogP contribution in [0.15, 0.2) is 0 Å². The van der Waals surface area contributed by atoms with Gasteiger partial charge in [0.1, 0.15) is 0 Å². The van der Waals surface area contributed by atoms with Crippen molar-refractivity contribution in [1.29, 1.82) is 0 Å². The molecule has 0 aromatic heterocycles. The van der Waals surface area contributed by atoms with Gasteiger partial charge in [-0.25, -0.2) is 0 Å². The molecule has 0 aromatic carbocycles. The molecule has 0 fully saturated rings. The Kier molecular flexibility index (Phi) is 18.2. The van der Waals surface area contributed by atoms with Gasteiger partial charge in [-0.1, -0.05) is 27.2 Å². The first-order chi connectivity index (χ1) is 9.11. The zero-order valence-electron chi connectivity index (χ0n) is 12.7. The van der Waals surface area contributed by atoms with Gasteiger partial charge in [0, 0.05) is 6.54 Å². The molecule has 0 saturated carbocycles. The Morgan fingerprint density at radius 1 is 1.25 bits per heavy atom. The van der Waals surface area contributed by atoms with Gasteiger partial charge in [-0.15, -0.1) is 0 Å². The fourth-order valence-corrected chi connectivity index (χ4v) is 1.22. The van der Waals surface area contributed by atoms with E-state index in [1.807, 2.05) is 27.8 Å². The van der Waals surface area contributed by atoms with Gasteiger partial charge in [-0.05, 0) is 6.42 Å². The normalized spacial score (nSPS) is 9.90. The van der Waals surface area contributed by atoms with E-state index in [0.717, 1.165) is 6.42 Å². The fraction of sp³-hybridized carbons (Fsp3) is 0.833. The second-order valence-corrected chi connectivity index (χ2v) is 5.06. The van der Waals surface area contributed by atoms with Crippen LogP contribution >= 0.6 is 0 Å². The fourth-order valence-electron chi connectivity index (χ4n) is 0.801. The quantitative estimate of drug-likeness (QED) is 0.603. The minimum Gasteiger partial charge on any atom is -0.348 e. The summed E-state index contributed by atoms with van der Waals surface area (Å²) >= 11 is 2.28. The monoisotopic (exact) mass is 360 g/mol. The molecule has 0 heterocycles. The smallest absolute Gasteiger partial charge is 0.348 e. The number of nitrogens with zero attached hydrogens (tertiary/aromatic N) is 1. The number of carbonyl (C=O) groups excluding carboxylic acids is 2. The van der Waals surface area contributed by atoms with Crippen LogP contribution in [0.1, 0.15) is 40.5 Å². The molecule has 0 atom stereocenters. The van der Waals surface area contributed by atoms with Gasteiger partial charge in [-0.2, -0.15) is 13.2 Å². The van der Waals surface area contributed by atoms with Gasteiger partial charge < -0.3 is 5.32 Å². The van der Waals surface area contributed by atoms with Crippen LogP contribution in [0.5, 0.6) is 0 Å². The Labute approximate surface area is 128 Å². The minimum atomic E-state index is -4.74. The molecule has 8 heteroatoms. The van der Waals surface area contributed by atoms with Crippen LogP contribution in [0.3, 0.4) is 0 Å². The summed E-state index contributed by atoms with van der Waals surface area (Å²) in [7, 11) is 1.85. The Morgan fingerprint density at radius 3 is 1.90 bits per heavy atom. The molecule has 4 nitrogen and oxygen atoms in total. The first-order valence-corrected chi connectivity index (χ1v) is 7.19. The summed E-state index contributed by atoms with van der Waals surface area (Å²) in [6.45, 7) is 8.03. The van der Waals surface area contributed by atoms with E-state index in [-0.39, 0.29) is 12.3 Å². The molecule has 120 valence electrons. The number of unbranched alkanes of at least 4 members (excludes halogenated alkanes) is 1. The molecule has 0 aliphatic rings. The van der Waals surface area contributed by atoms with Crippen molar-refractivity contribution >= 4 is 28.8 Å². The number of hydrogen-bond acceptors (Lipinski definition) is 3. The van der Waals surface area contributed by atoms with Crippen molar-refractivity contribution in [2.75, 3.05) is 20.1 Å². The second-order valence-electron chi connectivity index (χ2n) is 3.62. The van der Waals surface area contributed by atoms with Crippen LogP contribution in [0.25, 0.3) is 0 Å². The number of likely N-dealkylation sites (N-methyl/N-ethyl adjacent to an activating group) is 1. The number of carbonyl (C=O) groups is 2. The zero-order chi connectivity index (χ0) is 16.8. The van der Waals surface area contributed by atoms with Crippen LogP contribution in [0.4, 0.5) is 13.2 Å². The standard InChI is InChI=1S/C6H10F3NO.C4H8AsNO.C2H6/c1-2-3-4-10-5(11)6(7,8)9;1-4(7)3-6(2)5;1-2/h2-4H2,1H3,(H,10,11);3H2,1-2H3;1-2H3. The Morgan fingerprint density at radius 2 is 1.70 bits per heavy atom. The number of ketones is 1. The summed E-state index contributed by atoms with van der Waals surface area (Å²) < 4.78 is 36.2. The van der Waals surface area contributed by atoms with Crippen molar-refractivity contribution in [2.45, 2.75) is 46.7 Å². The Balaban J connectivity index is -0.000000277. The molecule has 0 unspecified atom stereocenters. The van der Waals surface area contributed by atoms with Gasteiger partial charge >= 0.3 is 64.1 Å². The van der Waals surface area contributed by atoms with Gasteiger partial charge in [0.15, 0.2) is 0 Å². The van der Waals surface area contributed by atoms with Gasteiger partial charge in [0.25, 0.3) is 0 Å². The summed E-state index contributed by atoms with van der Waals surface area (Å²) in [4.78, 5) is 20.3. The Hall–Kier alpha value is -0.552. The van der Waals surface area contributed by atoms with Crippen molar-refractivity contribution < 1.29 is 22.8 Å². The van der Waals surface area contributed by atoms with Crippen molar-refractivity contribution in [1.82, 2.24) is 9.13 Å². The molecule has 0 aromatic rings. The van der Waals surface area contributed by atoms with Gasteiger partial charge in [0.2, 0.25) is 0 Å². The van der Waals surface area contributed by atoms with Crippen LogP contribution in [0, 0.1) is 0 Å². The van der Waals surface area contributed by atoms with E-state index in [1.165, 1.54) is 0 Å². The maximum absolute atomic E-state index is 11.5. The van der Waals surface area contributed by atoms with E-state index in [2.05, 4.69) is 17.1 Å². The summed E-state index contributed by atoms with van der Waals surface area (Å²) in [5.41, 5.74) is 0. The number of hydrogen-bond donors (Lipinski definition) is 1. The number of alkyl halides is 3. The summed E-state index contributed by atoms with van der Waals surface area (Å²) in [6, 6.07) is 0. The number of amides is 1. The molecule has 2 radical (unpaired) electrons. The molecular weight excluding hydrogens is 336 g/mol. The average Bonchev–Trinajstić information content (AvgIpc) is 2.29. The molecular formula is C12H24AsF3N2O2. The predicted molar refractivity (Wildman–Crippen MR) is 74.4 cm³/mol. The third-order valence-corrected chi connectivity index (χ3v) is 1.82. The van der Waals surface area contributed by atoms with Crippen LogP contribution < -0.4 is 5.32 Å². The van der Waals surface area contributed by atoms with E-state index in [1.54, 1.807) is 16.1 Å². The van der Waals surface area contributed by atoms with E-state index >= 15 is 0 Å². The first-order valence-electron chi connectivity index (χ1n) is 6.35. The van der Waals surface area contributed by atoms with Crippen molar-refractivity contribution in [2.24, 2.45) is 0 Å². The van der Waals surface area contributed by atoms with Gasteiger partial charge in [-0.3, -0.25) is 4.79 Å². The maximum atomic E-state index is 11.5. The molecule has 0 aliphatic carbocycles. The number of rotatable bonds is 5. The third kappa shape index (κ3) is 22.6. The number of Topliss-reactive ketones (excluding diaryl/α,β-unsaturated/α-hetero) is 1. The molecule has 20 heavy (non-hydrogen) atoms. The largest absolute Gasteiger partial charge is 0.471 e. The van der Waals surface area contributed by atoms with E-state index in [9.17, 15) is 22.8 Å². The Bertz CT molecular complexity index is 260. The van der Waals surface area contributed by atoms with E-state index in [4.69, 9.17) is 0 Å². The molecule has 0 bridgehead atoms. The summed E-state index contributed by atoms with van der Waals surface area (Å²) in [5.74, 6) is -1.66. The van der Waals surface area contributed by atoms with E-state index in [0.29, 0.717) is 13.0 Å². The van der Waals surface area contributed by atoms with Crippen LogP contribution in [-0.2, 0) is 9.59 Å². The van der Waals surface area contributed by atoms with Crippen molar-refractivity contribution in [3.8, 4) is 0 Å². The molecule has 0 spiro atoms. The summed E-state index contributed by atoms with van der Waals surface area (Å²) in [6.07, 6.45) is -3.41. The van der Waals surface area contributed by atoms with Crippen molar-refractivity contribution in [3.05, 3.63) is 0 Å². The van der Waals surface area contributed by atoms with Crippen molar-refractivity contribution in [3.63, 3.8) is 0 Å². The van der Waals surface area contributed by atoms with Crippen LogP contribution in [-0.4, -0.2) is 58.9 Å². The SMILES string of the molecule is CC.CC(=O)CN(C)[As].CCCCNC(=O)C(F)(F)F. The second kappa shape index (κ2) is 14.8. The molecule has 0 aliphatic heterocycles. The molecule has 1 amide bonds. The zero-order valence-corrected chi connectivity index (χ0v) is 14.5. The topological polar surface area (TPSA) is 49.4 Å². The third-order valence-electron chi connectivity index (χ3n) is 1.52. The molecule has 0 saturated heterocycles. The van der Waals surface area contributed by atoms with Crippen LogP contribution in [0.2, 0.25) is 0 Å². The molecule has 0 rings (SSSR count). The van der Waals surface area contributed by atoms with Gasteiger partial charge in [0.05, 0.1) is 0 Å². The number of nitrogens with one attached hydrogen (secondary N) is 1. The van der Waals surface area contributed by atoms with E-state index < -0.39 is 12.1 Å². The minimum absolute atomic E-state index is 0.0921. The maximum Gasteiger partial charge on any atom is 0.471 e. The first kappa shape index (κ1) is 24.5. The average molecular weight is 360 g/mol.